The van der Waals surface area contributed by atoms with Crippen LogP contribution in [0.2, 0.25) is 0 Å². The highest BCUT2D eigenvalue weighted by Gasteiger charge is 2.18. The minimum atomic E-state index is 0.179. The van der Waals surface area contributed by atoms with Gasteiger partial charge in [-0.3, -0.25) is 9.69 Å². The van der Waals surface area contributed by atoms with Gasteiger partial charge in [0.2, 0.25) is 5.91 Å². The molecule has 0 bridgehead atoms. The normalized spacial score (nSPS) is 24.9. The number of carbonyl (C=O) groups excluding carboxylic acids is 1. The molecule has 1 amide bonds. The number of amides is 1. The third-order valence-electron chi connectivity index (χ3n) is 3.13. The molecule has 0 spiro atoms. The zero-order valence-electron chi connectivity index (χ0n) is 10.3. The van der Waals surface area contributed by atoms with Crippen LogP contribution < -0.4 is 5.32 Å². The van der Waals surface area contributed by atoms with Gasteiger partial charge in [-0.1, -0.05) is 13.8 Å². The van der Waals surface area contributed by atoms with Crippen LogP contribution in [0, 0.1) is 5.92 Å². The maximum atomic E-state index is 11.6. The lowest BCUT2D eigenvalue weighted by atomic mass is 10.0. The maximum absolute atomic E-state index is 11.6. The summed E-state index contributed by atoms with van der Waals surface area (Å²) in [6.45, 7) is 9.14. The van der Waals surface area contributed by atoms with Crippen LogP contribution in [0.5, 0.6) is 0 Å². The van der Waals surface area contributed by atoms with Crippen molar-refractivity contribution in [3.05, 3.63) is 0 Å². The summed E-state index contributed by atoms with van der Waals surface area (Å²) in [6, 6.07) is 0.305. The predicted molar refractivity (Wildman–Crippen MR) is 62.7 cm³/mol. The molecule has 1 aliphatic rings. The summed E-state index contributed by atoms with van der Waals surface area (Å²) >= 11 is 0. The Kier molecular flexibility index (Phi) is 5.09. The van der Waals surface area contributed by atoms with E-state index in [-0.39, 0.29) is 5.91 Å². The molecule has 88 valence electrons. The second-order valence-electron chi connectivity index (χ2n) is 4.86. The van der Waals surface area contributed by atoms with Crippen molar-refractivity contribution in [1.29, 1.82) is 0 Å². The SMILES string of the molecule is CCC(C)NC(=O)CN1CCCC(C)C1. The number of rotatable bonds is 4. The number of carbonyl (C=O) groups is 1. The van der Waals surface area contributed by atoms with Crippen LogP contribution in [0.25, 0.3) is 0 Å². The van der Waals surface area contributed by atoms with Crippen molar-refractivity contribution in [2.45, 2.75) is 46.1 Å². The van der Waals surface area contributed by atoms with Gasteiger partial charge in [0.25, 0.3) is 0 Å². The predicted octanol–water partition coefficient (Wildman–Crippen LogP) is 1.63. The van der Waals surface area contributed by atoms with Gasteiger partial charge in [0.05, 0.1) is 6.54 Å². The van der Waals surface area contributed by atoms with E-state index in [1.54, 1.807) is 0 Å². The summed E-state index contributed by atoms with van der Waals surface area (Å²) in [4.78, 5) is 13.9. The Morgan fingerprint density at radius 1 is 1.60 bits per heavy atom. The lowest BCUT2D eigenvalue weighted by Crippen LogP contribution is -2.44. The van der Waals surface area contributed by atoms with E-state index in [4.69, 9.17) is 0 Å². The Balaban J connectivity index is 2.24. The number of nitrogens with one attached hydrogen (secondary N) is 1. The molecule has 2 atom stereocenters. The fourth-order valence-electron chi connectivity index (χ4n) is 2.06. The summed E-state index contributed by atoms with van der Waals surface area (Å²) < 4.78 is 0. The van der Waals surface area contributed by atoms with Crippen molar-refractivity contribution < 1.29 is 4.79 Å². The average molecular weight is 212 g/mol. The third kappa shape index (κ3) is 4.65. The quantitative estimate of drug-likeness (QED) is 0.768. The van der Waals surface area contributed by atoms with Crippen LogP contribution in [0.15, 0.2) is 0 Å². The molecule has 1 N–H and O–H groups in total. The Labute approximate surface area is 93.2 Å². The van der Waals surface area contributed by atoms with Crippen LogP contribution in [0.1, 0.15) is 40.0 Å². The Morgan fingerprint density at radius 2 is 2.33 bits per heavy atom. The zero-order valence-corrected chi connectivity index (χ0v) is 10.3. The van der Waals surface area contributed by atoms with E-state index in [0.29, 0.717) is 12.6 Å². The lowest BCUT2D eigenvalue weighted by molar-refractivity contribution is -0.123. The Morgan fingerprint density at radius 3 is 2.93 bits per heavy atom. The number of hydrogen-bond acceptors (Lipinski definition) is 2. The first-order valence-electron chi connectivity index (χ1n) is 6.13. The molecule has 1 aliphatic heterocycles. The highest BCUT2D eigenvalue weighted by molar-refractivity contribution is 5.78. The molecule has 0 aromatic heterocycles. The van der Waals surface area contributed by atoms with Crippen LogP contribution in [0.3, 0.4) is 0 Å². The number of likely N-dealkylation sites (tertiary alicyclic amines) is 1. The number of hydrogen-bond donors (Lipinski definition) is 1. The number of piperidine rings is 1. The summed E-state index contributed by atoms with van der Waals surface area (Å²) in [5.74, 6) is 0.925. The van der Waals surface area contributed by atoms with E-state index in [1.165, 1.54) is 12.8 Å². The third-order valence-corrected chi connectivity index (χ3v) is 3.13. The monoisotopic (exact) mass is 212 g/mol. The first-order valence-corrected chi connectivity index (χ1v) is 6.13. The van der Waals surface area contributed by atoms with Crippen molar-refractivity contribution in [1.82, 2.24) is 10.2 Å². The number of nitrogens with zero attached hydrogens (tertiary/aromatic N) is 1. The van der Waals surface area contributed by atoms with E-state index >= 15 is 0 Å². The average Bonchev–Trinajstić information content (AvgIpc) is 2.17. The molecule has 3 heteroatoms. The van der Waals surface area contributed by atoms with Gasteiger partial charge >= 0.3 is 0 Å². The van der Waals surface area contributed by atoms with Crippen LogP contribution in [-0.4, -0.2) is 36.5 Å². The fourth-order valence-corrected chi connectivity index (χ4v) is 2.06. The van der Waals surface area contributed by atoms with Crippen LogP contribution in [0.4, 0.5) is 0 Å². The van der Waals surface area contributed by atoms with E-state index in [1.807, 2.05) is 0 Å². The van der Waals surface area contributed by atoms with Gasteiger partial charge in [0, 0.05) is 12.6 Å². The highest BCUT2D eigenvalue weighted by Crippen LogP contribution is 2.14. The lowest BCUT2D eigenvalue weighted by Gasteiger charge is -2.30. The molecule has 0 aromatic rings. The summed E-state index contributed by atoms with van der Waals surface area (Å²) in [7, 11) is 0. The van der Waals surface area contributed by atoms with Gasteiger partial charge in [0.1, 0.15) is 0 Å². The Bertz CT molecular complexity index is 206. The van der Waals surface area contributed by atoms with Crippen molar-refractivity contribution in [3.8, 4) is 0 Å². The molecule has 1 fully saturated rings. The fraction of sp³-hybridized carbons (Fsp3) is 0.917. The zero-order chi connectivity index (χ0) is 11.3. The molecule has 0 aliphatic carbocycles. The van der Waals surface area contributed by atoms with Gasteiger partial charge in [-0.2, -0.15) is 0 Å². The van der Waals surface area contributed by atoms with Gasteiger partial charge in [0.15, 0.2) is 0 Å². The van der Waals surface area contributed by atoms with Crippen LogP contribution in [-0.2, 0) is 4.79 Å². The molecular weight excluding hydrogens is 188 g/mol. The summed E-state index contributed by atoms with van der Waals surface area (Å²) in [6.07, 6.45) is 3.55. The molecule has 0 radical (unpaired) electrons. The summed E-state index contributed by atoms with van der Waals surface area (Å²) in [5.41, 5.74) is 0. The smallest absolute Gasteiger partial charge is 0.234 e. The minimum absolute atomic E-state index is 0.179. The van der Waals surface area contributed by atoms with Crippen molar-refractivity contribution in [2.24, 2.45) is 5.92 Å². The second kappa shape index (κ2) is 6.11. The van der Waals surface area contributed by atoms with Crippen LogP contribution >= 0.6 is 0 Å². The molecule has 1 saturated heterocycles. The molecule has 0 aromatic carbocycles. The van der Waals surface area contributed by atoms with Crippen molar-refractivity contribution in [2.75, 3.05) is 19.6 Å². The van der Waals surface area contributed by atoms with Gasteiger partial charge in [-0.15, -0.1) is 0 Å². The minimum Gasteiger partial charge on any atom is -0.353 e. The molecular formula is C12H24N2O. The molecule has 15 heavy (non-hydrogen) atoms. The van der Waals surface area contributed by atoms with Gasteiger partial charge in [-0.05, 0) is 38.6 Å². The van der Waals surface area contributed by atoms with E-state index < -0.39 is 0 Å². The Hall–Kier alpha value is -0.570. The molecule has 1 rings (SSSR count). The molecule has 3 nitrogen and oxygen atoms in total. The van der Waals surface area contributed by atoms with E-state index in [2.05, 4.69) is 31.0 Å². The van der Waals surface area contributed by atoms with Crippen molar-refractivity contribution in [3.63, 3.8) is 0 Å². The topological polar surface area (TPSA) is 32.3 Å². The van der Waals surface area contributed by atoms with Gasteiger partial charge < -0.3 is 5.32 Å². The summed E-state index contributed by atoms with van der Waals surface area (Å²) in [5, 5.41) is 3.01. The first-order chi connectivity index (χ1) is 7.11. The van der Waals surface area contributed by atoms with Gasteiger partial charge in [-0.25, -0.2) is 0 Å². The largest absolute Gasteiger partial charge is 0.353 e. The first kappa shape index (κ1) is 12.5. The second-order valence-corrected chi connectivity index (χ2v) is 4.86. The molecule has 0 saturated carbocycles. The van der Waals surface area contributed by atoms with E-state index in [9.17, 15) is 4.79 Å². The van der Waals surface area contributed by atoms with E-state index in [0.717, 1.165) is 25.4 Å². The maximum Gasteiger partial charge on any atom is 0.234 e. The molecule has 2 unspecified atom stereocenters. The van der Waals surface area contributed by atoms with Crippen molar-refractivity contribution >= 4 is 5.91 Å². The standard InChI is InChI=1S/C12H24N2O/c1-4-11(3)13-12(15)9-14-7-5-6-10(2)8-14/h10-11H,4-9H2,1-3H3,(H,13,15). The molecule has 1 heterocycles. The highest BCUT2D eigenvalue weighted by atomic mass is 16.2.